The molecule has 0 aliphatic rings. The maximum atomic E-state index is 13.1. The minimum atomic E-state index is -4.48. The number of nitrogens with zero attached hydrogens (tertiary/aromatic N) is 4. The number of carbonyl (C=O) groups is 1. The normalized spacial score (nSPS) is 12.1. The van der Waals surface area contributed by atoms with Gasteiger partial charge < -0.3 is 5.73 Å². The highest BCUT2D eigenvalue weighted by atomic mass is 19.4. The van der Waals surface area contributed by atoms with Gasteiger partial charge in [-0.3, -0.25) is 9.78 Å². The van der Waals surface area contributed by atoms with Crippen molar-refractivity contribution in [3.8, 4) is 22.5 Å². The highest BCUT2D eigenvalue weighted by Crippen LogP contribution is 2.32. The molecule has 0 aliphatic heterocycles. The zero-order valence-electron chi connectivity index (χ0n) is 17.4. The Hall–Kier alpha value is -4.27. The van der Waals surface area contributed by atoms with Gasteiger partial charge in [0.05, 0.1) is 11.1 Å². The molecule has 0 bridgehead atoms. The molecule has 4 aromatic rings. The molecule has 0 fully saturated rings. The molecular formula is C24H18F3N5O. The van der Waals surface area contributed by atoms with Gasteiger partial charge in [0.2, 0.25) is 0 Å². The average molecular weight is 449 g/mol. The van der Waals surface area contributed by atoms with Crippen molar-refractivity contribution in [2.75, 3.05) is 0 Å². The van der Waals surface area contributed by atoms with Crippen molar-refractivity contribution < 1.29 is 18.0 Å². The largest absolute Gasteiger partial charge is 0.416 e. The first-order valence-electron chi connectivity index (χ1n) is 9.83. The van der Waals surface area contributed by atoms with Crippen LogP contribution in [0.4, 0.5) is 13.2 Å². The van der Waals surface area contributed by atoms with Gasteiger partial charge in [-0.2, -0.15) is 13.2 Å². The number of pyridine rings is 1. The number of benzene rings is 2. The van der Waals surface area contributed by atoms with Crippen molar-refractivity contribution in [1.29, 1.82) is 0 Å². The Kier molecular flexibility index (Phi) is 5.78. The molecule has 1 amide bonds. The first-order chi connectivity index (χ1) is 15.7. The van der Waals surface area contributed by atoms with Crippen LogP contribution in [0.1, 0.15) is 16.7 Å². The molecule has 2 heterocycles. The molecule has 0 radical (unpaired) electrons. The number of aryl methyl sites for hydroxylation is 1. The first-order valence-corrected chi connectivity index (χ1v) is 9.83. The molecule has 6 nitrogen and oxygen atoms in total. The Morgan fingerprint density at radius 1 is 1.03 bits per heavy atom. The van der Waals surface area contributed by atoms with E-state index in [0.29, 0.717) is 11.1 Å². The highest BCUT2D eigenvalue weighted by Gasteiger charge is 2.31. The lowest BCUT2D eigenvalue weighted by Gasteiger charge is -2.09. The summed E-state index contributed by atoms with van der Waals surface area (Å²) >= 11 is 0. The summed E-state index contributed by atoms with van der Waals surface area (Å²) in [6.45, 7) is 1.57. The summed E-state index contributed by atoms with van der Waals surface area (Å²) in [7, 11) is 0. The van der Waals surface area contributed by atoms with E-state index in [1.54, 1.807) is 37.5 Å². The van der Waals surface area contributed by atoms with E-state index in [0.717, 1.165) is 23.3 Å². The molecular weight excluding hydrogens is 431 g/mol. The number of nitrogens with two attached hydrogens (primary N) is 1. The Morgan fingerprint density at radius 2 is 1.79 bits per heavy atom. The molecule has 0 unspecified atom stereocenters. The van der Waals surface area contributed by atoms with Gasteiger partial charge >= 0.3 is 6.18 Å². The van der Waals surface area contributed by atoms with Crippen LogP contribution in [0.15, 0.2) is 73.3 Å². The number of alkyl halides is 3. The summed E-state index contributed by atoms with van der Waals surface area (Å²) in [5.74, 6) is -0.590. The van der Waals surface area contributed by atoms with Crippen LogP contribution in [0, 0.1) is 6.92 Å². The Bertz CT molecular complexity index is 1330. The van der Waals surface area contributed by atoms with Crippen molar-refractivity contribution in [2.45, 2.75) is 13.1 Å². The van der Waals surface area contributed by atoms with Gasteiger partial charge in [0, 0.05) is 24.2 Å². The lowest BCUT2D eigenvalue weighted by molar-refractivity contribution is -0.137. The van der Waals surface area contributed by atoms with E-state index >= 15 is 0 Å². The second-order valence-corrected chi connectivity index (χ2v) is 7.36. The molecule has 0 saturated heterocycles. The third-order valence-electron chi connectivity index (χ3n) is 4.89. The molecule has 0 saturated carbocycles. The third kappa shape index (κ3) is 4.98. The second kappa shape index (κ2) is 8.70. The number of carbonyl (C=O) groups excluding carboxylic acids is 1. The molecule has 0 atom stereocenters. The fourth-order valence-electron chi connectivity index (χ4n) is 3.33. The maximum absolute atomic E-state index is 13.1. The lowest BCUT2D eigenvalue weighted by Crippen LogP contribution is -2.13. The van der Waals surface area contributed by atoms with Crippen molar-refractivity contribution >= 4 is 17.7 Å². The molecule has 9 heteroatoms. The zero-order valence-corrected chi connectivity index (χ0v) is 17.4. The van der Waals surface area contributed by atoms with E-state index in [2.05, 4.69) is 15.1 Å². The number of aromatic nitrogens is 4. The van der Waals surface area contributed by atoms with Gasteiger partial charge in [-0.25, -0.2) is 9.67 Å². The number of hydrogen-bond donors (Lipinski definition) is 1. The molecule has 2 aromatic carbocycles. The van der Waals surface area contributed by atoms with Crippen LogP contribution in [0.5, 0.6) is 0 Å². The first kappa shape index (κ1) is 21.9. The summed E-state index contributed by atoms with van der Waals surface area (Å²) in [5, 5.41) is 4.20. The number of primary amides is 1. The fourth-order valence-corrected chi connectivity index (χ4v) is 3.33. The minimum Gasteiger partial charge on any atom is -0.366 e. The second-order valence-electron chi connectivity index (χ2n) is 7.36. The minimum absolute atomic E-state index is 0.0937. The van der Waals surface area contributed by atoms with E-state index in [4.69, 9.17) is 5.73 Å². The van der Waals surface area contributed by atoms with Crippen LogP contribution < -0.4 is 5.73 Å². The van der Waals surface area contributed by atoms with Crippen LogP contribution in [0.3, 0.4) is 0 Å². The van der Waals surface area contributed by atoms with Crippen LogP contribution >= 0.6 is 0 Å². The lowest BCUT2D eigenvalue weighted by atomic mass is 10.0. The van der Waals surface area contributed by atoms with E-state index in [9.17, 15) is 18.0 Å². The van der Waals surface area contributed by atoms with Crippen molar-refractivity contribution in [3.05, 3.63) is 90.0 Å². The van der Waals surface area contributed by atoms with Gasteiger partial charge in [0.1, 0.15) is 6.33 Å². The summed E-state index contributed by atoms with van der Waals surface area (Å²) in [5.41, 5.74) is 8.00. The third-order valence-corrected chi connectivity index (χ3v) is 4.89. The summed E-state index contributed by atoms with van der Waals surface area (Å²) in [4.78, 5) is 20.3. The Balaban J connectivity index is 1.66. The van der Waals surface area contributed by atoms with Crippen LogP contribution in [-0.2, 0) is 11.0 Å². The average Bonchev–Trinajstić information content (AvgIpc) is 3.26. The predicted octanol–water partition coefficient (Wildman–Crippen LogP) is 4.82. The molecule has 2 N–H and O–H groups in total. The monoisotopic (exact) mass is 449 g/mol. The van der Waals surface area contributed by atoms with E-state index in [-0.39, 0.29) is 17.0 Å². The summed E-state index contributed by atoms with van der Waals surface area (Å²) in [6.07, 6.45) is 1.62. The highest BCUT2D eigenvalue weighted by molar-refractivity contribution is 6.22. The molecule has 166 valence electrons. The van der Waals surface area contributed by atoms with Crippen LogP contribution in [0.2, 0.25) is 0 Å². The predicted molar refractivity (Wildman–Crippen MR) is 118 cm³/mol. The number of amides is 1. The van der Waals surface area contributed by atoms with Gasteiger partial charge in [-0.15, -0.1) is 5.10 Å². The van der Waals surface area contributed by atoms with Crippen LogP contribution in [-0.4, -0.2) is 25.7 Å². The van der Waals surface area contributed by atoms with Gasteiger partial charge in [-0.05, 0) is 53.4 Å². The molecule has 0 spiro atoms. The molecule has 0 aliphatic carbocycles. The smallest absolute Gasteiger partial charge is 0.366 e. The van der Waals surface area contributed by atoms with Crippen molar-refractivity contribution in [1.82, 2.24) is 19.7 Å². The fraction of sp³-hybridized carbons (Fsp3) is 0.0833. The van der Waals surface area contributed by atoms with E-state index < -0.39 is 17.6 Å². The summed E-state index contributed by atoms with van der Waals surface area (Å²) < 4.78 is 40.7. The van der Waals surface area contributed by atoms with Gasteiger partial charge in [0.15, 0.2) is 5.82 Å². The number of rotatable bonds is 5. The van der Waals surface area contributed by atoms with Crippen molar-refractivity contribution in [3.63, 3.8) is 0 Å². The van der Waals surface area contributed by atoms with Crippen molar-refractivity contribution in [2.24, 2.45) is 5.73 Å². The molecule has 4 rings (SSSR count). The zero-order chi connectivity index (χ0) is 23.6. The Morgan fingerprint density at radius 3 is 2.42 bits per heavy atom. The standard InChI is InChI=1S/C24H18F3N5O/c1-15-9-19(11-20(10-15)24(25,26)27)23-30-14-32(31-23)13-21(22(28)33)17-6-4-16(5-7-17)18-3-2-8-29-12-18/h2-14H,1H3,(H2,28,33)/b21-13-. The van der Waals surface area contributed by atoms with Gasteiger partial charge in [0.25, 0.3) is 5.91 Å². The molecule has 2 aromatic heterocycles. The topological polar surface area (TPSA) is 86.7 Å². The Labute approximate surface area is 187 Å². The molecule has 33 heavy (non-hydrogen) atoms. The number of halogens is 3. The quantitative estimate of drug-likeness (QED) is 0.443. The SMILES string of the molecule is Cc1cc(-c2ncn(/C=C(\C(N)=O)c3ccc(-c4cccnc4)cc3)n2)cc(C(F)(F)F)c1. The number of hydrogen-bond acceptors (Lipinski definition) is 4. The summed E-state index contributed by atoms with van der Waals surface area (Å²) in [6, 6.07) is 14.5. The van der Waals surface area contributed by atoms with E-state index in [1.165, 1.54) is 17.2 Å². The van der Waals surface area contributed by atoms with E-state index in [1.807, 2.05) is 24.3 Å². The van der Waals surface area contributed by atoms with Crippen LogP contribution in [0.25, 0.3) is 34.3 Å². The maximum Gasteiger partial charge on any atom is 0.416 e. The van der Waals surface area contributed by atoms with Gasteiger partial charge in [-0.1, -0.05) is 30.3 Å².